The Kier molecular flexibility index (Phi) is 2.80. The average molecular weight is 318 g/mol. The predicted molar refractivity (Wildman–Crippen MR) is 78.1 cm³/mol. The van der Waals surface area contributed by atoms with Crippen molar-refractivity contribution in [3.8, 4) is 0 Å². The summed E-state index contributed by atoms with van der Waals surface area (Å²) in [6.45, 7) is 0.255. The fourth-order valence-electron chi connectivity index (χ4n) is 2.32. The van der Waals surface area contributed by atoms with E-state index < -0.39 is 11.6 Å². The molecule has 0 N–H and O–H groups in total. The van der Waals surface area contributed by atoms with Gasteiger partial charge in [-0.25, -0.2) is 18.7 Å². The molecular weight excluding hydrogens is 310 g/mol. The molecule has 0 bridgehead atoms. The topological polar surface area (TPSA) is 52.2 Å². The SMILES string of the molecule is O=c1cc(Cn2cnc3cc(F)c(F)cc32)nc2sccn12. The second-order valence-corrected chi connectivity index (χ2v) is 5.64. The van der Waals surface area contributed by atoms with Crippen molar-refractivity contribution in [2.75, 3.05) is 0 Å². The minimum atomic E-state index is -0.936. The van der Waals surface area contributed by atoms with Gasteiger partial charge in [-0.1, -0.05) is 0 Å². The van der Waals surface area contributed by atoms with Crippen LogP contribution in [-0.2, 0) is 6.54 Å². The van der Waals surface area contributed by atoms with Crippen LogP contribution in [0.1, 0.15) is 5.69 Å². The van der Waals surface area contributed by atoms with Gasteiger partial charge >= 0.3 is 0 Å². The Morgan fingerprint density at radius 1 is 1.18 bits per heavy atom. The molecule has 110 valence electrons. The molecule has 0 aliphatic heterocycles. The third kappa shape index (κ3) is 2.00. The first kappa shape index (κ1) is 13.1. The highest BCUT2D eigenvalue weighted by Gasteiger charge is 2.11. The van der Waals surface area contributed by atoms with E-state index in [-0.39, 0.29) is 12.1 Å². The molecule has 4 rings (SSSR count). The molecule has 0 atom stereocenters. The standard InChI is InChI=1S/C14H8F2N4OS/c15-9-4-11-12(5-10(9)16)19(7-17-11)6-8-3-13(21)20-1-2-22-14(20)18-8/h1-5,7H,6H2. The van der Waals surface area contributed by atoms with Gasteiger partial charge in [-0.15, -0.1) is 11.3 Å². The summed E-state index contributed by atoms with van der Waals surface area (Å²) in [5, 5.41) is 1.78. The number of rotatable bonds is 2. The van der Waals surface area contributed by atoms with Crippen molar-refractivity contribution in [1.82, 2.24) is 18.9 Å². The van der Waals surface area contributed by atoms with Crippen molar-refractivity contribution in [2.24, 2.45) is 0 Å². The third-order valence-corrected chi connectivity index (χ3v) is 4.11. The Hall–Kier alpha value is -2.61. The van der Waals surface area contributed by atoms with Crippen molar-refractivity contribution in [3.63, 3.8) is 0 Å². The van der Waals surface area contributed by atoms with E-state index in [4.69, 9.17) is 0 Å². The van der Waals surface area contributed by atoms with Crippen molar-refractivity contribution in [2.45, 2.75) is 6.54 Å². The Morgan fingerprint density at radius 3 is 2.86 bits per heavy atom. The van der Waals surface area contributed by atoms with Crippen LogP contribution in [-0.4, -0.2) is 18.9 Å². The maximum Gasteiger partial charge on any atom is 0.258 e. The van der Waals surface area contributed by atoms with Crippen LogP contribution in [0, 0.1) is 11.6 Å². The smallest absolute Gasteiger partial charge is 0.258 e. The number of thiazole rings is 1. The molecule has 0 unspecified atom stereocenters. The normalized spacial score (nSPS) is 11.5. The van der Waals surface area contributed by atoms with E-state index in [0.717, 1.165) is 12.1 Å². The maximum atomic E-state index is 13.4. The Balaban J connectivity index is 1.82. The molecule has 0 fully saturated rings. The lowest BCUT2D eigenvalue weighted by molar-refractivity contribution is 0.510. The van der Waals surface area contributed by atoms with Gasteiger partial charge in [-0.3, -0.25) is 9.20 Å². The van der Waals surface area contributed by atoms with Gasteiger partial charge in [0.2, 0.25) is 0 Å². The molecule has 3 heterocycles. The van der Waals surface area contributed by atoms with Crippen molar-refractivity contribution >= 4 is 27.3 Å². The van der Waals surface area contributed by atoms with E-state index >= 15 is 0 Å². The molecule has 0 aliphatic rings. The van der Waals surface area contributed by atoms with E-state index in [0.29, 0.717) is 21.7 Å². The number of hydrogen-bond donors (Lipinski definition) is 0. The molecule has 0 spiro atoms. The lowest BCUT2D eigenvalue weighted by Crippen LogP contribution is -2.14. The summed E-state index contributed by atoms with van der Waals surface area (Å²) in [6, 6.07) is 3.56. The summed E-state index contributed by atoms with van der Waals surface area (Å²) in [4.78, 5) is 21.0. The largest absolute Gasteiger partial charge is 0.324 e. The highest BCUT2D eigenvalue weighted by atomic mass is 32.1. The number of fused-ring (bicyclic) bond motifs is 2. The van der Waals surface area contributed by atoms with E-state index in [2.05, 4.69) is 9.97 Å². The summed E-state index contributed by atoms with van der Waals surface area (Å²) in [6.07, 6.45) is 3.13. The number of nitrogens with zero attached hydrogens (tertiary/aromatic N) is 4. The lowest BCUT2D eigenvalue weighted by Gasteiger charge is -2.04. The Labute approximate surface area is 126 Å². The number of halogens is 2. The molecule has 0 saturated carbocycles. The van der Waals surface area contributed by atoms with Crippen LogP contribution in [0.4, 0.5) is 8.78 Å². The molecule has 3 aromatic heterocycles. The van der Waals surface area contributed by atoms with Crippen LogP contribution in [0.2, 0.25) is 0 Å². The van der Waals surface area contributed by atoms with E-state index in [1.165, 1.54) is 28.1 Å². The molecule has 22 heavy (non-hydrogen) atoms. The van der Waals surface area contributed by atoms with Gasteiger partial charge < -0.3 is 4.57 Å². The molecular formula is C14H8F2N4OS. The predicted octanol–water partition coefficient (Wildman–Crippen LogP) is 2.43. The number of aromatic nitrogens is 4. The maximum absolute atomic E-state index is 13.4. The first-order chi connectivity index (χ1) is 10.6. The summed E-state index contributed by atoms with van der Waals surface area (Å²) in [5.74, 6) is -1.87. The van der Waals surface area contributed by atoms with Gasteiger partial charge in [-0.05, 0) is 0 Å². The fraction of sp³-hybridized carbons (Fsp3) is 0.0714. The van der Waals surface area contributed by atoms with Gasteiger partial charge in [0.1, 0.15) is 0 Å². The molecule has 0 amide bonds. The van der Waals surface area contributed by atoms with Crippen LogP contribution in [0.25, 0.3) is 16.0 Å². The fourth-order valence-corrected chi connectivity index (χ4v) is 3.06. The Bertz CT molecular complexity index is 1070. The summed E-state index contributed by atoms with van der Waals surface area (Å²) in [5.41, 5.74) is 1.17. The third-order valence-electron chi connectivity index (χ3n) is 3.35. The van der Waals surface area contributed by atoms with E-state index in [1.54, 1.807) is 16.1 Å². The molecule has 0 radical (unpaired) electrons. The quantitative estimate of drug-likeness (QED) is 0.570. The summed E-state index contributed by atoms with van der Waals surface area (Å²) >= 11 is 1.35. The molecule has 0 saturated heterocycles. The highest BCUT2D eigenvalue weighted by molar-refractivity contribution is 7.15. The van der Waals surface area contributed by atoms with Crippen LogP contribution in [0.15, 0.2) is 40.9 Å². The zero-order chi connectivity index (χ0) is 15.3. The van der Waals surface area contributed by atoms with Crippen LogP contribution >= 0.6 is 11.3 Å². The van der Waals surface area contributed by atoms with Gasteiger partial charge in [0.15, 0.2) is 16.6 Å². The van der Waals surface area contributed by atoms with Gasteiger partial charge in [0.25, 0.3) is 5.56 Å². The van der Waals surface area contributed by atoms with Gasteiger partial charge in [0, 0.05) is 29.8 Å². The molecule has 0 aliphatic carbocycles. The van der Waals surface area contributed by atoms with E-state index in [1.807, 2.05) is 0 Å². The molecule has 4 aromatic rings. The summed E-state index contributed by atoms with van der Waals surface area (Å²) in [7, 11) is 0. The van der Waals surface area contributed by atoms with E-state index in [9.17, 15) is 13.6 Å². The highest BCUT2D eigenvalue weighted by Crippen LogP contribution is 2.18. The summed E-state index contributed by atoms with van der Waals surface area (Å²) < 4.78 is 29.7. The minimum absolute atomic E-state index is 0.178. The van der Waals surface area contributed by atoms with Gasteiger partial charge in [-0.2, -0.15) is 0 Å². The van der Waals surface area contributed by atoms with Crippen LogP contribution < -0.4 is 5.56 Å². The zero-order valence-corrected chi connectivity index (χ0v) is 11.8. The lowest BCUT2D eigenvalue weighted by atomic mass is 10.3. The molecule has 8 heteroatoms. The van der Waals surface area contributed by atoms with Crippen molar-refractivity contribution in [3.05, 3.63) is 63.8 Å². The van der Waals surface area contributed by atoms with Crippen LogP contribution in [0.3, 0.4) is 0 Å². The molecule has 1 aromatic carbocycles. The Morgan fingerprint density at radius 2 is 2.00 bits per heavy atom. The van der Waals surface area contributed by atoms with Crippen molar-refractivity contribution in [1.29, 1.82) is 0 Å². The number of benzene rings is 1. The number of hydrogen-bond acceptors (Lipinski definition) is 4. The van der Waals surface area contributed by atoms with Gasteiger partial charge in [0.05, 0.1) is 29.6 Å². The first-order valence-electron chi connectivity index (χ1n) is 6.37. The molecule has 5 nitrogen and oxygen atoms in total. The minimum Gasteiger partial charge on any atom is -0.324 e. The number of imidazole rings is 1. The first-order valence-corrected chi connectivity index (χ1v) is 7.25. The van der Waals surface area contributed by atoms with Crippen molar-refractivity contribution < 1.29 is 8.78 Å². The monoisotopic (exact) mass is 318 g/mol. The second-order valence-electron chi connectivity index (χ2n) is 4.77. The average Bonchev–Trinajstić information content (AvgIpc) is 3.08. The second kappa shape index (κ2) is 4.70. The zero-order valence-electron chi connectivity index (χ0n) is 11.0. The van der Waals surface area contributed by atoms with Crippen LogP contribution in [0.5, 0.6) is 0 Å².